The van der Waals surface area contributed by atoms with Gasteiger partial charge in [-0.15, -0.1) is 0 Å². The Balaban J connectivity index is 3.04. The minimum absolute atomic E-state index is 0.291. The summed E-state index contributed by atoms with van der Waals surface area (Å²) in [7, 11) is 0. The summed E-state index contributed by atoms with van der Waals surface area (Å²) in [6, 6.07) is 2.53. The van der Waals surface area contributed by atoms with Gasteiger partial charge in [0.25, 0.3) is 0 Å². The van der Waals surface area contributed by atoms with E-state index in [1.54, 1.807) is 0 Å². The zero-order valence-electron chi connectivity index (χ0n) is 6.85. The summed E-state index contributed by atoms with van der Waals surface area (Å²) < 4.78 is 40.4. The lowest BCUT2D eigenvalue weighted by atomic mass is 10.2. The Hall–Kier alpha value is -1.39. The summed E-state index contributed by atoms with van der Waals surface area (Å²) in [5.41, 5.74) is 5.10. The van der Waals surface area contributed by atoms with Crippen molar-refractivity contribution in [3.8, 4) is 5.75 Å². The van der Waals surface area contributed by atoms with Gasteiger partial charge in [0.2, 0.25) is 0 Å². The molecule has 2 N–H and O–H groups in total. The molecule has 1 aromatic rings. The van der Waals surface area contributed by atoms with Gasteiger partial charge in [-0.25, -0.2) is 4.39 Å². The summed E-state index contributed by atoms with van der Waals surface area (Å²) in [6.45, 7) is -1.51. The van der Waals surface area contributed by atoms with Crippen LogP contribution in [0.3, 0.4) is 0 Å². The van der Waals surface area contributed by atoms with E-state index in [4.69, 9.17) is 5.73 Å². The van der Waals surface area contributed by atoms with Crippen molar-refractivity contribution in [3.05, 3.63) is 23.5 Å². The van der Waals surface area contributed by atoms with Crippen LogP contribution in [0.1, 0.15) is 5.56 Å². The number of rotatable bonds is 2. The van der Waals surface area contributed by atoms with Gasteiger partial charge in [-0.3, -0.25) is 0 Å². The third kappa shape index (κ3) is 2.05. The minimum Gasteiger partial charge on any atom is -0.433 e. The molecule has 1 rings (SSSR count). The van der Waals surface area contributed by atoms with E-state index in [1.807, 2.05) is 0 Å². The van der Waals surface area contributed by atoms with Crippen LogP contribution in [-0.4, -0.2) is 6.61 Å². The molecule has 0 aliphatic carbocycles. The smallest absolute Gasteiger partial charge is 0.387 e. The van der Waals surface area contributed by atoms with Gasteiger partial charge in [0, 0.05) is 0 Å². The molecule has 13 heavy (non-hydrogen) atoms. The summed E-state index contributed by atoms with van der Waals surface area (Å²) in [6.07, 6.45) is 0. The first kappa shape index (κ1) is 9.70. The molecule has 0 heterocycles. The first-order valence-corrected chi connectivity index (χ1v) is 3.51. The monoisotopic (exact) mass is 191 g/mol. The van der Waals surface area contributed by atoms with Gasteiger partial charge in [-0.1, -0.05) is 6.07 Å². The zero-order valence-corrected chi connectivity index (χ0v) is 6.85. The van der Waals surface area contributed by atoms with E-state index in [0.717, 1.165) is 0 Å². The highest BCUT2D eigenvalue weighted by Crippen LogP contribution is 2.27. The highest BCUT2D eigenvalue weighted by molar-refractivity contribution is 5.55. The van der Waals surface area contributed by atoms with E-state index >= 15 is 0 Å². The Bertz CT molecular complexity index is 315. The number of nitrogens with two attached hydrogens (primary N) is 1. The van der Waals surface area contributed by atoms with Crippen molar-refractivity contribution in [1.29, 1.82) is 0 Å². The second-order valence-corrected chi connectivity index (χ2v) is 2.49. The topological polar surface area (TPSA) is 35.2 Å². The quantitative estimate of drug-likeness (QED) is 0.728. The average Bonchev–Trinajstić information content (AvgIpc) is 2.06. The Kier molecular flexibility index (Phi) is 2.65. The van der Waals surface area contributed by atoms with Crippen molar-refractivity contribution in [2.75, 3.05) is 5.73 Å². The zero-order chi connectivity index (χ0) is 10.0. The van der Waals surface area contributed by atoms with Crippen LogP contribution in [0, 0.1) is 12.7 Å². The molecule has 0 radical (unpaired) electrons. The largest absolute Gasteiger partial charge is 0.433 e. The summed E-state index contributed by atoms with van der Waals surface area (Å²) >= 11 is 0. The van der Waals surface area contributed by atoms with Crippen LogP contribution in [0.15, 0.2) is 12.1 Å². The number of aryl methyl sites for hydroxylation is 1. The van der Waals surface area contributed by atoms with Gasteiger partial charge >= 0.3 is 6.61 Å². The molecule has 0 saturated carbocycles. The fraction of sp³-hybridized carbons (Fsp3) is 0.250. The second-order valence-electron chi connectivity index (χ2n) is 2.49. The van der Waals surface area contributed by atoms with Crippen LogP contribution < -0.4 is 10.5 Å². The van der Waals surface area contributed by atoms with E-state index in [0.29, 0.717) is 5.56 Å². The number of ether oxygens (including phenoxy) is 1. The van der Waals surface area contributed by atoms with Crippen molar-refractivity contribution >= 4 is 5.69 Å². The predicted molar refractivity (Wildman–Crippen MR) is 42.2 cm³/mol. The number of hydrogen-bond acceptors (Lipinski definition) is 2. The van der Waals surface area contributed by atoms with Gasteiger partial charge in [-0.05, 0) is 18.6 Å². The van der Waals surface area contributed by atoms with E-state index in [1.165, 1.54) is 19.1 Å². The molecule has 0 atom stereocenters. The number of alkyl halides is 2. The van der Waals surface area contributed by atoms with Crippen molar-refractivity contribution in [3.63, 3.8) is 0 Å². The van der Waals surface area contributed by atoms with Crippen LogP contribution in [0.5, 0.6) is 5.75 Å². The first-order valence-electron chi connectivity index (χ1n) is 3.51. The molecule has 0 aliphatic heterocycles. The molecule has 0 spiro atoms. The number of nitrogen functional groups attached to an aromatic ring is 1. The fourth-order valence-electron chi connectivity index (χ4n) is 0.883. The molecule has 5 heteroatoms. The molecule has 0 aliphatic rings. The lowest BCUT2D eigenvalue weighted by molar-refractivity contribution is -0.0494. The first-order chi connectivity index (χ1) is 6.02. The van der Waals surface area contributed by atoms with Crippen molar-refractivity contribution < 1.29 is 17.9 Å². The van der Waals surface area contributed by atoms with Gasteiger partial charge in [-0.2, -0.15) is 8.78 Å². The third-order valence-electron chi connectivity index (χ3n) is 1.55. The highest BCUT2D eigenvalue weighted by Gasteiger charge is 2.12. The highest BCUT2D eigenvalue weighted by atomic mass is 19.3. The third-order valence-corrected chi connectivity index (χ3v) is 1.55. The maximum Gasteiger partial charge on any atom is 0.387 e. The van der Waals surface area contributed by atoms with Gasteiger partial charge < -0.3 is 10.5 Å². The average molecular weight is 191 g/mol. The molecule has 0 fully saturated rings. The van der Waals surface area contributed by atoms with E-state index in [9.17, 15) is 13.2 Å². The lowest BCUT2D eigenvalue weighted by Crippen LogP contribution is -2.06. The minimum atomic E-state index is -3.00. The van der Waals surface area contributed by atoms with Crippen LogP contribution in [0.4, 0.5) is 18.9 Å². The van der Waals surface area contributed by atoms with Crippen molar-refractivity contribution in [1.82, 2.24) is 0 Å². The molecular formula is C8H8F3NO. The van der Waals surface area contributed by atoms with E-state index in [-0.39, 0.29) is 11.4 Å². The normalized spacial score (nSPS) is 10.5. The molecule has 0 bridgehead atoms. The number of benzene rings is 1. The Morgan fingerprint density at radius 1 is 1.38 bits per heavy atom. The molecule has 0 aromatic heterocycles. The Labute approximate surface area is 73.1 Å². The van der Waals surface area contributed by atoms with E-state index < -0.39 is 12.4 Å². The SMILES string of the molecule is Cc1ccc(OC(F)F)c(N)c1F. The maximum atomic E-state index is 13.0. The molecular weight excluding hydrogens is 183 g/mol. The van der Waals surface area contributed by atoms with Crippen LogP contribution in [0.25, 0.3) is 0 Å². The number of halogens is 3. The van der Waals surface area contributed by atoms with Gasteiger partial charge in [0.05, 0.1) is 0 Å². The molecule has 0 saturated heterocycles. The van der Waals surface area contributed by atoms with Gasteiger partial charge in [0.1, 0.15) is 5.69 Å². The number of anilines is 1. The molecule has 2 nitrogen and oxygen atoms in total. The van der Waals surface area contributed by atoms with E-state index in [2.05, 4.69) is 4.74 Å². The van der Waals surface area contributed by atoms with Crippen molar-refractivity contribution in [2.24, 2.45) is 0 Å². The molecule has 0 unspecified atom stereocenters. The number of hydrogen-bond donors (Lipinski definition) is 1. The molecule has 0 amide bonds. The summed E-state index contributed by atoms with van der Waals surface area (Å²) in [5.74, 6) is -1.06. The maximum absolute atomic E-state index is 13.0. The van der Waals surface area contributed by atoms with Gasteiger partial charge in [0.15, 0.2) is 11.6 Å². The molecule has 1 aromatic carbocycles. The fourth-order valence-corrected chi connectivity index (χ4v) is 0.883. The lowest BCUT2D eigenvalue weighted by Gasteiger charge is -2.08. The molecule has 72 valence electrons. The predicted octanol–water partition coefficient (Wildman–Crippen LogP) is 2.32. The Morgan fingerprint density at radius 3 is 2.54 bits per heavy atom. The summed E-state index contributed by atoms with van der Waals surface area (Å²) in [5, 5.41) is 0. The summed E-state index contributed by atoms with van der Waals surface area (Å²) in [4.78, 5) is 0. The van der Waals surface area contributed by atoms with Crippen molar-refractivity contribution in [2.45, 2.75) is 13.5 Å². The standard InChI is InChI=1S/C8H8F3NO/c1-4-2-3-5(13-8(10)11)7(12)6(4)9/h2-3,8H,12H2,1H3. The Morgan fingerprint density at radius 2 is 2.00 bits per heavy atom. The second kappa shape index (κ2) is 3.55. The van der Waals surface area contributed by atoms with Crippen LogP contribution >= 0.6 is 0 Å². The van der Waals surface area contributed by atoms with Crippen LogP contribution in [0.2, 0.25) is 0 Å². The van der Waals surface area contributed by atoms with Crippen LogP contribution in [-0.2, 0) is 0 Å².